The number of hydrogen-bond acceptors (Lipinski definition) is 2. The summed E-state index contributed by atoms with van der Waals surface area (Å²) in [6.45, 7) is 0. The Morgan fingerprint density at radius 2 is 0.815 bits per heavy atom. The van der Waals surface area contributed by atoms with E-state index in [2.05, 4.69) is 205 Å². The normalized spacial score (nSPS) is 11.7. The molecule has 1 nitrogen and oxygen atoms in total. The van der Waals surface area contributed by atoms with E-state index in [1.807, 2.05) is 11.3 Å². The van der Waals surface area contributed by atoms with E-state index in [-0.39, 0.29) is 0 Å². The van der Waals surface area contributed by atoms with Crippen molar-refractivity contribution in [3.05, 3.63) is 200 Å². The van der Waals surface area contributed by atoms with Crippen LogP contribution >= 0.6 is 11.3 Å². The summed E-state index contributed by atoms with van der Waals surface area (Å²) in [6.07, 6.45) is 0. The third kappa shape index (κ3) is 5.07. The van der Waals surface area contributed by atoms with E-state index in [0.717, 1.165) is 17.1 Å². The van der Waals surface area contributed by atoms with Gasteiger partial charge in [-0.3, -0.25) is 0 Å². The van der Waals surface area contributed by atoms with Crippen molar-refractivity contribution in [1.82, 2.24) is 0 Å². The van der Waals surface area contributed by atoms with Gasteiger partial charge in [0.15, 0.2) is 0 Å². The third-order valence-electron chi connectivity index (χ3n) is 11.0. The molecule has 0 aliphatic carbocycles. The number of fused-ring (bicyclic) bond motifs is 10. The van der Waals surface area contributed by atoms with Gasteiger partial charge in [0.2, 0.25) is 0 Å². The second kappa shape index (κ2) is 12.4. The molecule has 11 rings (SSSR count). The quantitative estimate of drug-likeness (QED) is 0.161. The molecule has 0 N–H and O–H groups in total. The fourth-order valence-electron chi connectivity index (χ4n) is 8.34. The van der Waals surface area contributed by atoms with Crippen LogP contribution in [0.5, 0.6) is 0 Å². The van der Waals surface area contributed by atoms with Crippen molar-refractivity contribution in [3.8, 4) is 22.3 Å². The summed E-state index contributed by atoms with van der Waals surface area (Å²) >= 11 is 1.88. The first kappa shape index (κ1) is 30.8. The zero-order valence-electron chi connectivity index (χ0n) is 29.4. The fourth-order valence-corrected chi connectivity index (χ4v) is 9.58. The van der Waals surface area contributed by atoms with Crippen LogP contribution in [0.4, 0.5) is 17.1 Å². The Labute approximate surface area is 317 Å². The van der Waals surface area contributed by atoms with E-state index in [9.17, 15) is 0 Å². The maximum atomic E-state index is 2.38. The number of anilines is 3. The Hall–Kier alpha value is -6.74. The molecule has 0 spiro atoms. The first-order chi connectivity index (χ1) is 26.7. The highest BCUT2D eigenvalue weighted by atomic mass is 32.1. The molecule has 0 fully saturated rings. The Balaban J connectivity index is 1.01. The minimum absolute atomic E-state index is 1.12. The predicted molar refractivity (Wildman–Crippen MR) is 235 cm³/mol. The average molecular weight is 704 g/mol. The van der Waals surface area contributed by atoms with E-state index in [1.165, 1.54) is 85.5 Å². The summed E-state index contributed by atoms with van der Waals surface area (Å²) < 4.78 is 2.68. The molecule has 10 aromatic carbocycles. The molecule has 0 bridgehead atoms. The maximum absolute atomic E-state index is 2.38. The van der Waals surface area contributed by atoms with Crippen molar-refractivity contribution in [2.75, 3.05) is 4.90 Å². The van der Waals surface area contributed by atoms with E-state index in [1.54, 1.807) is 0 Å². The minimum Gasteiger partial charge on any atom is -0.310 e. The van der Waals surface area contributed by atoms with Gasteiger partial charge in [0.05, 0.1) is 0 Å². The van der Waals surface area contributed by atoms with Gasteiger partial charge in [-0.2, -0.15) is 0 Å². The monoisotopic (exact) mass is 703 g/mol. The number of hydrogen-bond donors (Lipinski definition) is 0. The summed E-state index contributed by atoms with van der Waals surface area (Å²) in [5.74, 6) is 0. The molecule has 1 aromatic heterocycles. The van der Waals surface area contributed by atoms with Crippen molar-refractivity contribution in [2.45, 2.75) is 0 Å². The lowest BCUT2D eigenvalue weighted by Crippen LogP contribution is -2.09. The SMILES string of the molecule is c1ccc(-c2ccc(N(c3ccc(-c4ccc5c(ccc6ccc7ccccc7c65)c4)cc3)c3ccc4c(ccc5c6ccccc6sc45)c3)cc2)cc1. The van der Waals surface area contributed by atoms with Crippen molar-refractivity contribution < 1.29 is 0 Å². The first-order valence-corrected chi connectivity index (χ1v) is 19.3. The van der Waals surface area contributed by atoms with Gasteiger partial charge < -0.3 is 4.90 Å². The second-order valence-corrected chi connectivity index (χ2v) is 15.2. The number of benzene rings is 10. The van der Waals surface area contributed by atoms with E-state index >= 15 is 0 Å². The zero-order chi connectivity index (χ0) is 35.6. The number of rotatable bonds is 5. The fraction of sp³-hybridized carbons (Fsp3) is 0. The smallest absolute Gasteiger partial charge is 0.0468 e. The number of thiophene rings is 1. The van der Waals surface area contributed by atoms with Gasteiger partial charge in [-0.25, -0.2) is 0 Å². The average Bonchev–Trinajstić information content (AvgIpc) is 3.63. The number of nitrogens with zero attached hydrogens (tertiary/aromatic N) is 1. The summed E-state index contributed by atoms with van der Waals surface area (Å²) in [4.78, 5) is 2.38. The van der Waals surface area contributed by atoms with Gasteiger partial charge in [-0.15, -0.1) is 11.3 Å². The van der Waals surface area contributed by atoms with Crippen molar-refractivity contribution in [3.63, 3.8) is 0 Å². The minimum atomic E-state index is 1.12. The Bertz CT molecular complexity index is 3190. The molecule has 11 aromatic rings. The van der Waals surface area contributed by atoms with Crippen LogP contribution in [0.25, 0.3) is 85.5 Å². The highest BCUT2D eigenvalue weighted by Gasteiger charge is 2.16. The topological polar surface area (TPSA) is 3.24 Å². The zero-order valence-corrected chi connectivity index (χ0v) is 30.2. The third-order valence-corrected chi connectivity index (χ3v) is 12.2. The molecule has 2 heteroatoms. The summed E-state index contributed by atoms with van der Waals surface area (Å²) in [7, 11) is 0. The van der Waals surface area contributed by atoms with Gasteiger partial charge in [-0.1, -0.05) is 152 Å². The standard InChI is InChI=1S/C52H33NS/c1-2-8-34(9-3-1)35-18-24-42(25-19-35)53(44-28-31-47-41(33-44)23-30-49-48-12-6-7-13-50(48)54-52(47)49)43-26-20-36(21-27-43)39-22-29-46-40(32-39)17-16-38-15-14-37-10-4-5-11-45(37)51(38)46/h1-33H. The molecule has 0 saturated carbocycles. The molecular formula is C52H33NS. The Kier molecular flexibility index (Phi) is 7.11. The Morgan fingerprint density at radius 1 is 0.296 bits per heavy atom. The van der Waals surface area contributed by atoms with E-state index in [4.69, 9.17) is 0 Å². The Morgan fingerprint density at radius 3 is 1.61 bits per heavy atom. The lowest BCUT2D eigenvalue weighted by Gasteiger charge is -2.26. The van der Waals surface area contributed by atoms with E-state index in [0.29, 0.717) is 0 Å². The van der Waals surface area contributed by atoms with E-state index < -0.39 is 0 Å². The molecular weight excluding hydrogens is 671 g/mol. The lowest BCUT2D eigenvalue weighted by atomic mass is 9.94. The highest BCUT2D eigenvalue weighted by Crippen LogP contribution is 2.42. The van der Waals surface area contributed by atoms with Crippen LogP contribution in [0, 0.1) is 0 Å². The molecule has 0 saturated heterocycles. The molecule has 0 aliphatic heterocycles. The van der Waals surface area contributed by atoms with Gasteiger partial charge in [0.1, 0.15) is 0 Å². The van der Waals surface area contributed by atoms with Crippen LogP contribution in [-0.2, 0) is 0 Å². The molecule has 0 atom stereocenters. The van der Waals surface area contributed by atoms with Crippen LogP contribution in [-0.4, -0.2) is 0 Å². The van der Waals surface area contributed by atoms with Gasteiger partial charge >= 0.3 is 0 Å². The van der Waals surface area contributed by atoms with Crippen LogP contribution < -0.4 is 4.90 Å². The molecule has 0 radical (unpaired) electrons. The summed E-state index contributed by atoms with van der Waals surface area (Å²) in [5.41, 5.74) is 8.20. The van der Waals surface area contributed by atoms with Crippen LogP contribution in [0.15, 0.2) is 200 Å². The van der Waals surface area contributed by atoms with Crippen LogP contribution in [0.3, 0.4) is 0 Å². The molecule has 0 aliphatic rings. The van der Waals surface area contributed by atoms with Crippen molar-refractivity contribution in [1.29, 1.82) is 0 Å². The van der Waals surface area contributed by atoms with Crippen LogP contribution in [0.1, 0.15) is 0 Å². The molecule has 54 heavy (non-hydrogen) atoms. The van der Waals surface area contributed by atoms with Crippen molar-refractivity contribution in [2.24, 2.45) is 0 Å². The molecule has 0 unspecified atom stereocenters. The van der Waals surface area contributed by atoms with Crippen molar-refractivity contribution >= 4 is 91.7 Å². The molecule has 1 heterocycles. The lowest BCUT2D eigenvalue weighted by molar-refractivity contribution is 1.29. The molecule has 252 valence electrons. The van der Waals surface area contributed by atoms with Gasteiger partial charge in [-0.05, 0) is 114 Å². The van der Waals surface area contributed by atoms with Gasteiger partial charge in [0, 0.05) is 37.2 Å². The first-order valence-electron chi connectivity index (χ1n) is 18.5. The van der Waals surface area contributed by atoms with Crippen LogP contribution in [0.2, 0.25) is 0 Å². The van der Waals surface area contributed by atoms with Gasteiger partial charge in [0.25, 0.3) is 0 Å². The predicted octanol–water partition coefficient (Wildman–Crippen LogP) is 15.5. The molecule has 0 amide bonds. The highest BCUT2D eigenvalue weighted by molar-refractivity contribution is 7.26. The summed E-state index contributed by atoms with van der Waals surface area (Å²) in [6, 6.07) is 73.4. The summed E-state index contributed by atoms with van der Waals surface area (Å²) in [5, 5.41) is 12.9. The largest absolute Gasteiger partial charge is 0.310 e. The maximum Gasteiger partial charge on any atom is 0.0468 e. The second-order valence-electron chi connectivity index (χ2n) is 14.1.